The highest BCUT2D eigenvalue weighted by atomic mass is 16.8. The Morgan fingerprint density at radius 3 is 1.56 bits per heavy atom. The van der Waals surface area contributed by atoms with Crippen LogP contribution in [0.4, 0.5) is 0 Å². The van der Waals surface area contributed by atoms with Gasteiger partial charge in [0.2, 0.25) is 11.6 Å². The molecule has 11 N–H and O–H groups in total. The Morgan fingerprint density at radius 1 is 0.588 bits per heavy atom. The fourth-order valence-corrected chi connectivity index (χ4v) is 4.14. The van der Waals surface area contributed by atoms with Crippen LogP contribution in [-0.2, 0) is 23.7 Å². The highest BCUT2D eigenvalue weighted by molar-refractivity contribution is 5.01. The topological polar surface area (TPSA) is 269 Å². The molecule has 0 aromatic carbocycles. The van der Waals surface area contributed by atoms with E-state index in [0.717, 1.165) is 0 Å². The molecule has 0 spiro atoms. The predicted molar refractivity (Wildman–Crippen MR) is 101 cm³/mol. The molecule has 3 aliphatic rings. The van der Waals surface area contributed by atoms with Crippen molar-refractivity contribution in [1.82, 2.24) is 0 Å². The SMILES string of the molecule is OCC1OC(OC2(COC3(CO)OC(CO)C(O)C3O)OC(CO)C(O)C2O)C(O)C(O)C1O. The number of aliphatic hydroxyl groups excluding tert-OH is 11. The maximum Gasteiger partial charge on any atom is 0.224 e. The number of hydrogen-bond donors (Lipinski definition) is 11. The van der Waals surface area contributed by atoms with Crippen LogP contribution in [-0.4, -0.2) is 168 Å². The van der Waals surface area contributed by atoms with Gasteiger partial charge in [-0.1, -0.05) is 0 Å². The molecule has 16 nitrogen and oxygen atoms in total. The van der Waals surface area contributed by atoms with Crippen LogP contribution in [0.25, 0.3) is 0 Å². The average Bonchev–Trinajstić information content (AvgIpc) is 3.23. The molecule has 0 amide bonds. The second-order valence-corrected chi connectivity index (χ2v) is 8.43. The Morgan fingerprint density at radius 2 is 1.09 bits per heavy atom. The predicted octanol–water partition coefficient (Wildman–Crippen LogP) is -7.57. The standard InChI is InChI=1S/C18H32O16/c19-1-6-9(23)12(26)13(27)16(31-6)34-18(15(29)11(25)8(3-21)33-18)5-30-17(4-22)14(28)10(24)7(2-20)32-17/h6-16,19-29H,1-5H2. The van der Waals surface area contributed by atoms with Crippen molar-refractivity contribution < 1.29 is 79.9 Å². The molecule has 34 heavy (non-hydrogen) atoms. The molecule has 0 saturated carbocycles. The first-order chi connectivity index (χ1) is 16.0. The summed E-state index contributed by atoms with van der Waals surface area (Å²) in [5.41, 5.74) is 0. The van der Waals surface area contributed by atoms with Crippen LogP contribution in [0.2, 0.25) is 0 Å². The molecule has 0 aromatic rings. The van der Waals surface area contributed by atoms with Crippen LogP contribution in [0.3, 0.4) is 0 Å². The molecular weight excluding hydrogens is 472 g/mol. The number of aliphatic hydroxyl groups is 11. The van der Waals surface area contributed by atoms with Crippen LogP contribution in [0.15, 0.2) is 0 Å². The number of ether oxygens (including phenoxy) is 5. The molecule has 3 heterocycles. The van der Waals surface area contributed by atoms with E-state index in [1.165, 1.54) is 0 Å². The van der Waals surface area contributed by atoms with Gasteiger partial charge in [0.25, 0.3) is 0 Å². The fraction of sp³-hybridized carbons (Fsp3) is 1.00. The molecule has 0 bridgehead atoms. The Labute approximate surface area is 192 Å². The minimum atomic E-state index is -2.49. The van der Waals surface area contributed by atoms with Gasteiger partial charge in [-0.2, -0.15) is 0 Å². The van der Waals surface area contributed by atoms with E-state index in [-0.39, 0.29) is 0 Å². The van der Waals surface area contributed by atoms with Crippen molar-refractivity contribution in [2.45, 2.75) is 78.9 Å². The van der Waals surface area contributed by atoms with Crippen LogP contribution in [0.1, 0.15) is 0 Å². The van der Waals surface area contributed by atoms with E-state index in [0.29, 0.717) is 0 Å². The van der Waals surface area contributed by atoms with E-state index < -0.39 is 112 Å². The first-order valence-corrected chi connectivity index (χ1v) is 10.5. The molecule has 13 unspecified atom stereocenters. The summed E-state index contributed by atoms with van der Waals surface area (Å²) in [4.78, 5) is 0. The van der Waals surface area contributed by atoms with Crippen LogP contribution in [0.5, 0.6) is 0 Å². The zero-order valence-corrected chi connectivity index (χ0v) is 17.8. The second-order valence-electron chi connectivity index (χ2n) is 8.43. The molecule has 13 atom stereocenters. The van der Waals surface area contributed by atoms with Crippen molar-refractivity contribution in [1.29, 1.82) is 0 Å². The molecular formula is C18H32O16. The lowest BCUT2D eigenvalue weighted by Gasteiger charge is -2.44. The maximum absolute atomic E-state index is 10.7. The van der Waals surface area contributed by atoms with Gasteiger partial charge >= 0.3 is 0 Å². The third-order valence-electron chi connectivity index (χ3n) is 6.27. The van der Waals surface area contributed by atoms with Gasteiger partial charge in [-0.05, 0) is 0 Å². The van der Waals surface area contributed by atoms with Gasteiger partial charge in [0, 0.05) is 0 Å². The molecule has 0 aliphatic carbocycles. The summed E-state index contributed by atoms with van der Waals surface area (Å²) in [6.45, 7) is -4.40. The van der Waals surface area contributed by atoms with E-state index in [1.807, 2.05) is 0 Å². The molecule has 3 saturated heterocycles. The number of hydrogen-bond acceptors (Lipinski definition) is 16. The van der Waals surface area contributed by atoms with Crippen LogP contribution in [0, 0.1) is 0 Å². The first-order valence-electron chi connectivity index (χ1n) is 10.5. The molecule has 0 aromatic heterocycles. The van der Waals surface area contributed by atoms with Gasteiger partial charge in [-0.15, -0.1) is 0 Å². The number of rotatable bonds is 9. The van der Waals surface area contributed by atoms with E-state index in [9.17, 15) is 56.2 Å². The van der Waals surface area contributed by atoms with Gasteiger partial charge in [-0.25, -0.2) is 0 Å². The molecule has 3 aliphatic heterocycles. The zero-order chi connectivity index (χ0) is 25.4. The summed E-state index contributed by atoms with van der Waals surface area (Å²) in [6.07, 6.45) is -19.0. The fourth-order valence-electron chi connectivity index (χ4n) is 4.14. The van der Waals surface area contributed by atoms with Crippen molar-refractivity contribution in [2.24, 2.45) is 0 Å². The second kappa shape index (κ2) is 10.8. The highest BCUT2D eigenvalue weighted by Crippen LogP contribution is 2.39. The summed E-state index contributed by atoms with van der Waals surface area (Å²) in [5, 5.41) is 109. The lowest BCUT2D eigenvalue weighted by Crippen LogP contribution is -2.63. The van der Waals surface area contributed by atoms with Crippen molar-refractivity contribution in [3.8, 4) is 0 Å². The Bertz CT molecular complexity index is 668. The summed E-state index contributed by atoms with van der Waals surface area (Å²) >= 11 is 0. The monoisotopic (exact) mass is 504 g/mol. The normalized spacial score (nSPS) is 51.8. The van der Waals surface area contributed by atoms with Crippen molar-refractivity contribution in [3.05, 3.63) is 0 Å². The molecule has 0 radical (unpaired) electrons. The van der Waals surface area contributed by atoms with E-state index >= 15 is 0 Å². The van der Waals surface area contributed by atoms with Crippen molar-refractivity contribution in [3.63, 3.8) is 0 Å². The largest absolute Gasteiger partial charge is 0.394 e. The van der Waals surface area contributed by atoms with Crippen LogP contribution < -0.4 is 0 Å². The van der Waals surface area contributed by atoms with Gasteiger partial charge in [0.1, 0.15) is 74.3 Å². The Hall–Kier alpha value is -0.640. The van der Waals surface area contributed by atoms with E-state index in [1.54, 1.807) is 0 Å². The van der Waals surface area contributed by atoms with Gasteiger partial charge < -0.3 is 79.9 Å². The minimum Gasteiger partial charge on any atom is -0.394 e. The molecule has 3 rings (SSSR count). The molecule has 3 fully saturated rings. The van der Waals surface area contributed by atoms with Crippen molar-refractivity contribution in [2.75, 3.05) is 33.0 Å². The smallest absolute Gasteiger partial charge is 0.224 e. The third-order valence-corrected chi connectivity index (χ3v) is 6.27. The highest BCUT2D eigenvalue weighted by Gasteiger charge is 2.62. The first kappa shape index (κ1) is 27.9. The lowest BCUT2D eigenvalue weighted by atomic mass is 9.99. The maximum atomic E-state index is 10.7. The average molecular weight is 504 g/mol. The lowest BCUT2D eigenvalue weighted by molar-refractivity contribution is -0.399. The summed E-state index contributed by atoms with van der Waals surface area (Å²) in [6, 6.07) is 0. The summed E-state index contributed by atoms with van der Waals surface area (Å²) < 4.78 is 26.9. The minimum absolute atomic E-state index is 0.750. The van der Waals surface area contributed by atoms with Gasteiger partial charge in [0.15, 0.2) is 6.29 Å². The van der Waals surface area contributed by atoms with Gasteiger partial charge in [-0.3, -0.25) is 0 Å². The van der Waals surface area contributed by atoms with E-state index in [2.05, 4.69) is 0 Å². The Kier molecular flexibility index (Phi) is 8.85. The van der Waals surface area contributed by atoms with E-state index in [4.69, 9.17) is 23.7 Å². The molecule has 200 valence electrons. The van der Waals surface area contributed by atoms with Crippen molar-refractivity contribution >= 4 is 0 Å². The quantitative estimate of drug-likeness (QED) is 0.139. The molecule has 16 heteroatoms. The zero-order valence-electron chi connectivity index (χ0n) is 17.8. The summed E-state index contributed by atoms with van der Waals surface area (Å²) in [5.74, 6) is -4.84. The van der Waals surface area contributed by atoms with Gasteiger partial charge in [0.05, 0.1) is 19.8 Å². The Balaban J connectivity index is 1.87. The third kappa shape index (κ3) is 4.71. The van der Waals surface area contributed by atoms with Crippen LogP contribution >= 0.6 is 0 Å². The summed E-state index contributed by atoms with van der Waals surface area (Å²) in [7, 11) is 0.